The minimum absolute atomic E-state index is 0.00193. The quantitative estimate of drug-likeness (QED) is 0.340. The lowest BCUT2D eigenvalue weighted by atomic mass is 9.83. The van der Waals surface area contributed by atoms with Crippen LogP contribution in [0.15, 0.2) is 36.5 Å². The number of benzene rings is 1. The highest BCUT2D eigenvalue weighted by molar-refractivity contribution is 6.30. The van der Waals surface area contributed by atoms with Gasteiger partial charge in [-0.15, -0.1) is 0 Å². The summed E-state index contributed by atoms with van der Waals surface area (Å²) in [6, 6.07) is 11.7. The SMILES string of the molecule is CC(CC(=O)O)CC(O)c1c(CC2CCC(OCc3cccc(Cl)c3)CC2)n(C)c2ncc(C#N)cc12. The summed E-state index contributed by atoms with van der Waals surface area (Å²) in [5, 5.41) is 31.4. The van der Waals surface area contributed by atoms with Crippen molar-refractivity contribution in [2.45, 2.75) is 70.7 Å². The number of nitrogens with zero attached hydrogens (tertiary/aromatic N) is 3. The molecule has 0 amide bonds. The van der Waals surface area contributed by atoms with Gasteiger partial charge in [0.1, 0.15) is 11.7 Å². The predicted octanol–water partition coefficient (Wildman–Crippen LogP) is 5.95. The van der Waals surface area contributed by atoms with E-state index < -0.39 is 12.1 Å². The number of carboxylic acids is 1. The molecule has 0 spiro atoms. The molecule has 4 rings (SSSR count). The van der Waals surface area contributed by atoms with Gasteiger partial charge in [-0.1, -0.05) is 30.7 Å². The molecule has 0 radical (unpaired) electrons. The van der Waals surface area contributed by atoms with E-state index >= 15 is 0 Å². The molecule has 8 heteroatoms. The molecule has 1 saturated carbocycles. The molecule has 1 aromatic carbocycles. The van der Waals surface area contributed by atoms with Gasteiger partial charge >= 0.3 is 5.97 Å². The van der Waals surface area contributed by atoms with Gasteiger partial charge in [-0.2, -0.15) is 5.26 Å². The zero-order chi connectivity index (χ0) is 26.5. The summed E-state index contributed by atoms with van der Waals surface area (Å²) in [5.41, 5.74) is 4.03. The summed E-state index contributed by atoms with van der Waals surface area (Å²) in [7, 11) is 1.95. The average molecular weight is 524 g/mol. The molecule has 37 heavy (non-hydrogen) atoms. The molecule has 1 aliphatic rings. The Balaban J connectivity index is 1.48. The number of carbonyl (C=O) groups is 1. The third kappa shape index (κ3) is 6.70. The number of pyridine rings is 1. The van der Waals surface area contributed by atoms with Crippen LogP contribution in [0.4, 0.5) is 0 Å². The number of aliphatic hydroxyl groups excluding tert-OH is 1. The van der Waals surface area contributed by atoms with Gasteiger partial charge in [0.2, 0.25) is 0 Å². The molecule has 2 unspecified atom stereocenters. The fourth-order valence-electron chi connectivity index (χ4n) is 5.56. The van der Waals surface area contributed by atoms with Crippen LogP contribution in [0.1, 0.15) is 73.9 Å². The normalized spacial score (nSPS) is 19.4. The van der Waals surface area contributed by atoms with Crippen LogP contribution in [-0.2, 0) is 29.6 Å². The van der Waals surface area contributed by atoms with E-state index in [0.29, 0.717) is 29.5 Å². The zero-order valence-electron chi connectivity index (χ0n) is 21.4. The van der Waals surface area contributed by atoms with Crippen LogP contribution in [0.3, 0.4) is 0 Å². The number of rotatable bonds is 10. The van der Waals surface area contributed by atoms with E-state index in [1.807, 2.05) is 42.8 Å². The molecular formula is C29H34ClN3O4. The molecule has 0 saturated heterocycles. The Bertz CT molecular complexity index is 1290. The lowest BCUT2D eigenvalue weighted by molar-refractivity contribution is -0.138. The first-order valence-electron chi connectivity index (χ1n) is 12.9. The third-order valence-electron chi connectivity index (χ3n) is 7.45. The topological polar surface area (TPSA) is 108 Å². The maximum absolute atomic E-state index is 11.3. The van der Waals surface area contributed by atoms with E-state index in [1.54, 1.807) is 12.3 Å². The highest BCUT2D eigenvalue weighted by atomic mass is 35.5. The van der Waals surface area contributed by atoms with E-state index in [0.717, 1.165) is 60.0 Å². The number of halogens is 1. The minimum Gasteiger partial charge on any atom is -0.481 e. The predicted molar refractivity (Wildman–Crippen MR) is 142 cm³/mol. The number of fused-ring (bicyclic) bond motifs is 1. The molecule has 7 nitrogen and oxygen atoms in total. The van der Waals surface area contributed by atoms with E-state index in [1.165, 1.54) is 0 Å². The van der Waals surface area contributed by atoms with Crippen molar-refractivity contribution in [2.75, 3.05) is 0 Å². The van der Waals surface area contributed by atoms with Gasteiger partial charge in [0.05, 0.1) is 24.4 Å². The Morgan fingerprint density at radius 3 is 2.73 bits per heavy atom. The number of aromatic nitrogens is 2. The van der Waals surface area contributed by atoms with Gasteiger partial charge < -0.3 is 19.5 Å². The van der Waals surface area contributed by atoms with Crippen molar-refractivity contribution < 1.29 is 19.7 Å². The summed E-state index contributed by atoms with van der Waals surface area (Å²) in [5.74, 6) is -0.623. The number of hydrogen-bond donors (Lipinski definition) is 2. The Morgan fingerprint density at radius 2 is 2.05 bits per heavy atom. The average Bonchev–Trinajstić information content (AvgIpc) is 3.13. The van der Waals surface area contributed by atoms with E-state index in [2.05, 4.69) is 11.1 Å². The molecule has 0 bridgehead atoms. The maximum Gasteiger partial charge on any atom is 0.303 e. The van der Waals surface area contributed by atoms with Gasteiger partial charge in [-0.05, 0) is 74.1 Å². The van der Waals surface area contributed by atoms with Gasteiger partial charge in [-0.3, -0.25) is 4.79 Å². The highest BCUT2D eigenvalue weighted by Gasteiger charge is 2.28. The van der Waals surface area contributed by atoms with E-state index in [4.69, 9.17) is 16.3 Å². The zero-order valence-corrected chi connectivity index (χ0v) is 22.1. The molecular weight excluding hydrogens is 490 g/mol. The van der Waals surface area contributed by atoms with Crippen molar-refractivity contribution in [3.63, 3.8) is 0 Å². The number of nitriles is 1. The van der Waals surface area contributed by atoms with Gasteiger partial charge in [0.15, 0.2) is 0 Å². The number of carboxylic acid groups (broad SMARTS) is 1. The first kappa shape index (κ1) is 27.1. The summed E-state index contributed by atoms with van der Waals surface area (Å²) in [6.07, 6.45) is 6.03. The van der Waals surface area contributed by atoms with E-state index in [-0.39, 0.29) is 18.4 Å². The maximum atomic E-state index is 11.3. The van der Waals surface area contributed by atoms with Gasteiger partial charge in [-0.25, -0.2) is 4.98 Å². The first-order chi connectivity index (χ1) is 17.7. The molecule has 2 aromatic heterocycles. The number of ether oxygens (including phenoxy) is 1. The minimum atomic E-state index is -0.874. The summed E-state index contributed by atoms with van der Waals surface area (Å²) in [6.45, 7) is 2.39. The van der Waals surface area contributed by atoms with Crippen LogP contribution in [0.25, 0.3) is 11.0 Å². The van der Waals surface area contributed by atoms with Crippen molar-refractivity contribution in [1.29, 1.82) is 5.26 Å². The third-order valence-corrected chi connectivity index (χ3v) is 7.69. The van der Waals surface area contributed by atoms with Crippen LogP contribution in [-0.4, -0.2) is 31.8 Å². The standard InChI is InChI=1S/C29H34ClN3O4/c1-18(11-27(35)36)10-26(34)28-24-13-21(15-31)16-32-29(24)33(2)25(28)14-19-6-8-23(9-7-19)37-17-20-4-3-5-22(30)12-20/h3-5,12-13,16,18-19,23,26,34H,6-11,14,17H2,1-2H3,(H,35,36). The van der Waals surface area contributed by atoms with Crippen LogP contribution in [0, 0.1) is 23.2 Å². The van der Waals surface area contributed by atoms with Crippen molar-refractivity contribution >= 4 is 28.6 Å². The molecule has 1 aliphatic carbocycles. The Kier molecular flexibility index (Phi) is 8.86. The smallest absolute Gasteiger partial charge is 0.303 e. The Hall–Kier alpha value is -2.92. The lowest BCUT2D eigenvalue weighted by Crippen LogP contribution is -2.23. The van der Waals surface area contributed by atoms with Gasteiger partial charge in [0.25, 0.3) is 0 Å². The molecule has 2 atom stereocenters. The fraction of sp³-hybridized carbons (Fsp3) is 0.483. The van der Waals surface area contributed by atoms with Crippen molar-refractivity contribution in [3.8, 4) is 6.07 Å². The molecule has 3 aromatic rings. The van der Waals surface area contributed by atoms with Crippen molar-refractivity contribution in [3.05, 3.63) is 63.9 Å². The number of aliphatic hydroxyl groups is 1. The van der Waals surface area contributed by atoms with Crippen molar-refractivity contribution in [2.24, 2.45) is 18.9 Å². The lowest BCUT2D eigenvalue weighted by Gasteiger charge is -2.29. The van der Waals surface area contributed by atoms with Crippen LogP contribution in [0.5, 0.6) is 0 Å². The number of aliphatic carboxylic acids is 1. The van der Waals surface area contributed by atoms with Gasteiger partial charge in [0, 0.05) is 41.3 Å². The summed E-state index contributed by atoms with van der Waals surface area (Å²) < 4.78 is 8.19. The second-order valence-corrected chi connectivity index (χ2v) is 10.8. The van der Waals surface area contributed by atoms with E-state index in [9.17, 15) is 20.3 Å². The number of aryl methyl sites for hydroxylation is 1. The summed E-state index contributed by atoms with van der Waals surface area (Å²) in [4.78, 5) is 15.7. The molecule has 1 fully saturated rings. The largest absolute Gasteiger partial charge is 0.481 e. The van der Waals surface area contributed by atoms with Crippen LogP contribution >= 0.6 is 11.6 Å². The number of hydrogen-bond acceptors (Lipinski definition) is 5. The summed E-state index contributed by atoms with van der Waals surface area (Å²) >= 11 is 6.08. The van der Waals surface area contributed by atoms with Crippen LogP contribution in [0.2, 0.25) is 5.02 Å². The van der Waals surface area contributed by atoms with Crippen molar-refractivity contribution in [1.82, 2.24) is 9.55 Å². The molecule has 2 N–H and O–H groups in total. The Morgan fingerprint density at radius 1 is 1.30 bits per heavy atom. The fourth-order valence-corrected chi connectivity index (χ4v) is 5.78. The highest BCUT2D eigenvalue weighted by Crippen LogP contribution is 2.37. The molecule has 0 aliphatic heterocycles. The first-order valence-corrected chi connectivity index (χ1v) is 13.3. The second kappa shape index (κ2) is 12.1. The molecule has 2 heterocycles. The second-order valence-electron chi connectivity index (χ2n) is 10.4. The van der Waals surface area contributed by atoms with Crippen LogP contribution < -0.4 is 0 Å². The molecule has 196 valence electrons. The Labute approximate surface area is 222 Å². The monoisotopic (exact) mass is 523 g/mol.